The number of hydrogen-bond acceptors (Lipinski definition) is 4. The lowest BCUT2D eigenvalue weighted by Crippen LogP contribution is -1.90. The summed E-state index contributed by atoms with van der Waals surface area (Å²) in [4.78, 5) is 3.96. The Hall–Kier alpha value is -1.36. The van der Waals surface area contributed by atoms with E-state index in [1.54, 1.807) is 7.11 Å². The van der Waals surface area contributed by atoms with Crippen LogP contribution >= 0.6 is 15.9 Å². The number of ether oxygens (including phenoxy) is 1. The third-order valence-electron chi connectivity index (χ3n) is 1.77. The second-order valence-corrected chi connectivity index (χ2v) is 3.43. The minimum Gasteiger partial charge on any atom is -0.495 e. The molecule has 1 aromatic carbocycles. The Balaban J connectivity index is 2.58. The Kier molecular flexibility index (Phi) is 2.49. The summed E-state index contributed by atoms with van der Waals surface area (Å²) in [6.45, 7) is 0. The molecule has 0 unspecified atom stereocenters. The van der Waals surface area contributed by atoms with E-state index in [1.165, 1.54) is 6.39 Å². The fourth-order valence-corrected chi connectivity index (χ4v) is 1.71. The number of hydrogen-bond donors (Lipinski definition) is 0. The first-order valence-corrected chi connectivity index (χ1v) is 4.71. The Labute approximate surface area is 89.0 Å². The first-order valence-electron chi connectivity index (χ1n) is 3.92. The Bertz CT molecular complexity index is 428. The van der Waals surface area contributed by atoms with Gasteiger partial charge in [0.25, 0.3) is 0 Å². The van der Waals surface area contributed by atoms with E-state index in [0.717, 1.165) is 10.0 Å². The average Bonchev–Trinajstić information content (AvgIpc) is 2.70. The molecule has 1 heterocycles. The van der Waals surface area contributed by atoms with E-state index in [0.29, 0.717) is 11.6 Å². The second kappa shape index (κ2) is 3.79. The molecule has 0 fully saturated rings. The summed E-state index contributed by atoms with van der Waals surface area (Å²) in [7, 11) is 1.60. The predicted molar refractivity (Wildman–Crippen MR) is 54.0 cm³/mol. The SMILES string of the molecule is COc1c(Br)cccc1-c1ncon1. The molecule has 0 aliphatic rings. The summed E-state index contributed by atoms with van der Waals surface area (Å²) in [5.41, 5.74) is 0.802. The maximum atomic E-state index is 5.23. The summed E-state index contributed by atoms with van der Waals surface area (Å²) in [5, 5.41) is 3.75. The van der Waals surface area contributed by atoms with Crippen molar-refractivity contribution < 1.29 is 9.26 Å². The third kappa shape index (κ3) is 1.50. The molecule has 1 aromatic heterocycles. The van der Waals surface area contributed by atoms with Crippen LogP contribution in [0.1, 0.15) is 0 Å². The van der Waals surface area contributed by atoms with Gasteiger partial charge in [0, 0.05) is 0 Å². The van der Waals surface area contributed by atoms with Gasteiger partial charge in [-0.1, -0.05) is 11.2 Å². The summed E-state index contributed by atoms with van der Waals surface area (Å²) in [5.74, 6) is 1.22. The van der Waals surface area contributed by atoms with Crippen molar-refractivity contribution in [2.24, 2.45) is 0 Å². The van der Waals surface area contributed by atoms with Gasteiger partial charge in [0.2, 0.25) is 12.2 Å². The lowest BCUT2D eigenvalue weighted by molar-refractivity contribution is 0.409. The van der Waals surface area contributed by atoms with Crippen LogP contribution in [0.25, 0.3) is 11.4 Å². The largest absolute Gasteiger partial charge is 0.495 e. The molecule has 0 aliphatic carbocycles. The van der Waals surface area contributed by atoms with Gasteiger partial charge in [0.1, 0.15) is 5.75 Å². The molecular formula is C9H7BrN2O2. The lowest BCUT2D eigenvalue weighted by Gasteiger charge is -2.06. The van der Waals surface area contributed by atoms with Crippen molar-refractivity contribution in [3.63, 3.8) is 0 Å². The molecule has 0 spiro atoms. The molecule has 14 heavy (non-hydrogen) atoms. The molecule has 2 rings (SSSR count). The van der Waals surface area contributed by atoms with Crippen LogP contribution in [0.2, 0.25) is 0 Å². The second-order valence-electron chi connectivity index (χ2n) is 2.58. The number of para-hydroxylation sites is 1. The molecule has 0 saturated carbocycles. The molecule has 0 atom stereocenters. The molecule has 5 heteroatoms. The summed E-state index contributed by atoms with van der Waals surface area (Å²) in [6, 6.07) is 5.65. The Morgan fingerprint density at radius 1 is 1.43 bits per heavy atom. The third-order valence-corrected chi connectivity index (χ3v) is 2.40. The van der Waals surface area contributed by atoms with Crippen molar-refractivity contribution in [3.05, 3.63) is 29.1 Å². The summed E-state index contributed by atoms with van der Waals surface area (Å²) < 4.78 is 10.8. The van der Waals surface area contributed by atoms with Crippen molar-refractivity contribution in [2.75, 3.05) is 7.11 Å². The normalized spacial score (nSPS) is 10.1. The van der Waals surface area contributed by atoms with Gasteiger partial charge in [0.05, 0.1) is 17.1 Å². The van der Waals surface area contributed by atoms with Crippen LogP contribution in [0.3, 0.4) is 0 Å². The highest BCUT2D eigenvalue weighted by Gasteiger charge is 2.12. The van der Waals surface area contributed by atoms with E-state index in [9.17, 15) is 0 Å². The first kappa shape index (κ1) is 9.21. The van der Waals surface area contributed by atoms with E-state index >= 15 is 0 Å². The van der Waals surface area contributed by atoms with Crippen LogP contribution in [0.4, 0.5) is 0 Å². The van der Waals surface area contributed by atoms with Gasteiger partial charge in [-0.15, -0.1) is 0 Å². The quantitative estimate of drug-likeness (QED) is 0.827. The smallest absolute Gasteiger partial charge is 0.214 e. The van der Waals surface area contributed by atoms with E-state index < -0.39 is 0 Å². The maximum absolute atomic E-state index is 5.23. The fourth-order valence-electron chi connectivity index (χ4n) is 1.18. The zero-order valence-electron chi connectivity index (χ0n) is 7.40. The molecule has 0 radical (unpaired) electrons. The van der Waals surface area contributed by atoms with Gasteiger partial charge in [-0.25, -0.2) is 0 Å². The van der Waals surface area contributed by atoms with Crippen molar-refractivity contribution in [3.8, 4) is 17.1 Å². The van der Waals surface area contributed by atoms with Gasteiger partial charge >= 0.3 is 0 Å². The molecular weight excluding hydrogens is 248 g/mol. The van der Waals surface area contributed by atoms with Gasteiger partial charge < -0.3 is 9.26 Å². The van der Waals surface area contributed by atoms with Crippen LogP contribution < -0.4 is 4.74 Å². The number of nitrogens with zero attached hydrogens (tertiary/aromatic N) is 2. The fraction of sp³-hybridized carbons (Fsp3) is 0.111. The highest BCUT2D eigenvalue weighted by Crippen LogP contribution is 2.34. The summed E-state index contributed by atoms with van der Waals surface area (Å²) in [6.07, 6.45) is 1.29. The number of rotatable bonds is 2. The van der Waals surface area contributed by atoms with Crippen LogP contribution in [0, 0.1) is 0 Å². The summed E-state index contributed by atoms with van der Waals surface area (Å²) >= 11 is 3.38. The molecule has 0 amide bonds. The Morgan fingerprint density at radius 3 is 2.93 bits per heavy atom. The topological polar surface area (TPSA) is 48.2 Å². The standard InChI is InChI=1S/C9H7BrN2O2/c1-13-8-6(3-2-4-7(8)10)9-11-5-14-12-9/h2-5H,1H3. The molecule has 0 saturated heterocycles. The molecule has 0 bridgehead atoms. The van der Waals surface area contributed by atoms with E-state index in [1.807, 2.05) is 18.2 Å². The Morgan fingerprint density at radius 2 is 2.29 bits per heavy atom. The molecule has 2 aromatic rings. The van der Waals surface area contributed by atoms with Crippen molar-refractivity contribution >= 4 is 15.9 Å². The minimum absolute atomic E-state index is 0.517. The number of benzene rings is 1. The van der Waals surface area contributed by atoms with Crippen molar-refractivity contribution in [2.45, 2.75) is 0 Å². The zero-order valence-corrected chi connectivity index (χ0v) is 8.98. The van der Waals surface area contributed by atoms with Crippen molar-refractivity contribution in [1.29, 1.82) is 0 Å². The van der Waals surface area contributed by atoms with Crippen LogP contribution in [-0.4, -0.2) is 17.3 Å². The zero-order chi connectivity index (χ0) is 9.97. The van der Waals surface area contributed by atoms with Gasteiger partial charge in [-0.3, -0.25) is 0 Å². The van der Waals surface area contributed by atoms with Crippen LogP contribution in [-0.2, 0) is 0 Å². The molecule has 0 aliphatic heterocycles. The van der Waals surface area contributed by atoms with E-state index in [-0.39, 0.29) is 0 Å². The maximum Gasteiger partial charge on any atom is 0.214 e. The van der Waals surface area contributed by atoms with Crippen molar-refractivity contribution in [1.82, 2.24) is 10.1 Å². The monoisotopic (exact) mass is 254 g/mol. The van der Waals surface area contributed by atoms with Crippen LogP contribution in [0.5, 0.6) is 5.75 Å². The first-order chi connectivity index (χ1) is 6.83. The molecule has 4 nitrogen and oxygen atoms in total. The minimum atomic E-state index is 0.517. The predicted octanol–water partition coefficient (Wildman–Crippen LogP) is 2.51. The van der Waals surface area contributed by atoms with Gasteiger partial charge in [0.15, 0.2) is 0 Å². The number of methoxy groups -OCH3 is 1. The van der Waals surface area contributed by atoms with E-state index in [4.69, 9.17) is 4.74 Å². The number of halogens is 1. The van der Waals surface area contributed by atoms with Crippen LogP contribution in [0.15, 0.2) is 33.6 Å². The highest BCUT2D eigenvalue weighted by atomic mass is 79.9. The van der Waals surface area contributed by atoms with Gasteiger partial charge in [-0.05, 0) is 28.1 Å². The number of aromatic nitrogens is 2. The van der Waals surface area contributed by atoms with E-state index in [2.05, 4.69) is 30.6 Å². The average molecular weight is 255 g/mol. The lowest BCUT2D eigenvalue weighted by atomic mass is 10.2. The molecule has 0 N–H and O–H groups in total. The molecule has 72 valence electrons. The highest BCUT2D eigenvalue weighted by molar-refractivity contribution is 9.10. The van der Waals surface area contributed by atoms with Gasteiger partial charge in [-0.2, -0.15) is 4.98 Å².